The Hall–Kier alpha value is -0.870. The summed E-state index contributed by atoms with van der Waals surface area (Å²) in [5.74, 6) is 0. The van der Waals surface area contributed by atoms with E-state index in [-0.39, 0.29) is 6.04 Å². The van der Waals surface area contributed by atoms with Gasteiger partial charge in [-0.15, -0.1) is 0 Å². The van der Waals surface area contributed by atoms with Gasteiger partial charge in [0.2, 0.25) is 0 Å². The minimum absolute atomic E-state index is 0.130. The van der Waals surface area contributed by atoms with Gasteiger partial charge in [0.05, 0.1) is 11.8 Å². The summed E-state index contributed by atoms with van der Waals surface area (Å²) in [5.41, 5.74) is 5.98. The molecule has 1 heterocycles. The predicted molar refractivity (Wildman–Crippen MR) is 53.6 cm³/mol. The van der Waals surface area contributed by atoms with Crippen LogP contribution in [0.3, 0.4) is 0 Å². The van der Waals surface area contributed by atoms with Gasteiger partial charge in [0, 0.05) is 24.3 Å². The van der Waals surface area contributed by atoms with E-state index in [0.717, 1.165) is 24.9 Å². The lowest BCUT2D eigenvalue weighted by Gasteiger charge is -2.20. The molecule has 78 valence electrons. The lowest BCUT2D eigenvalue weighted by Crippen LogP contribution is -2.24. The second-order valence-electron chi connectivity index (χ2n) is 4.12. The van der Waals surface area contributed by atoms with Crippen LogP contribution in [0.1, 0.15) is 31.7 Å². The van der Waals surface area contributed by atoms with Crippen LogP contribution in [0.25, 0.3) is 0 Å². The van der Waals surface area contributed by atoms with E-state index in [2.05, 4.69) is 5.10 Å². The topological polar surface area (TPSA) is 64.1 Å². The van der Waals surface area contributed by atoms with E-state index in [1.54, 1.807) is 6.20 Å². The fourth-order valence-corrected chi connectivity index (χ4v) is 2.10. The number of nitrogens with two attached hydrogens (primary N) is 1. The van der Waals surface area contributed by atoms with Gasteiger partial charge in [-0.05, 0) is 26.2 Å². The molecule has 2 atom stereocenters. The standard InChI is InChI=1S/C10H17N3O/c1-2-13-7-8(6-12-13)10(14)4-3-9(11)5-10/h6-7,9,14H,2-5,11H2,1H3. The molecule has 0 saturated heterocycles. The van der Waals surface area contributed by atoms with Crippen molar-refractivity contribution in [3.05, 3.63) is 18.0 Å². The average molecular weight is 195 g/mol. The Labute approximate surface area is 83.7 Å². The maximum Gasteiger partial charge on any atom is 0.0942 e. The molecule has 1 aliphatic rings. The Kier molecular flexibility index (Phi) is 2.33. The van der Waals surface area contributed by atoms with Crippen LogP contribution >= 0.6 is 0 Å². The maximum atomic E-state index is 10.3. The number of nitrogens with zero attached hydrogens (tertiary/aromatic N) is 2. The maximum absolute atomic E-state index is 10.3. The number of aryl methyl sites for hydroxylation is 1. The lowest BCUT2D eigenvalue weighted by molar-refractivity contribution is 0.0430. The number of aromatic nitrogens is 2. The first-order valence-electron chi connectivity index (χ1n) is 5.15. The van der Waals surface area contributed by atoms with Gasteiger partial charge in [0.15, 0.2) is 0 Å². The van der Waals surface area contributed by atoms with Crippen molar-refractivity contribution >= 4 is 0 Å². The van der Waals surface area contributed by atoms with E-state index in [0.29, 0.717) is 6.42 Å². The zero-order valence-electron chi connectivity index (χ0n) is 8.48. The molecule has 2 rings (SSSR count). The third-order valence-corrected chi connectivity index (χ3v) is 3.02. The van der Waals surface area contributed by atoms with Gasteiger partial charge < -0.3 is 10.8 Å². The van der Waals surface area contributed by atoms with E-state index >= 15 is 0 Å². The van der Waals surface area contributed by atoms with Crippen LogP contribution in [0.5, 0.6) is 0 Å². The van der Waals surface area contributed by atoms with Crippen molar-refractivity contribution in [2.24, 2.45) is 5.73 Å². The molecule has 0 bridgehead atoms. The number of hydrogen-bond acceptors (Lipinski definition) is 3. The van der Waals surface area contributed by atoms with Gasteiger partial charge in [0.1, 0.15) is 0 Å². The van der Waals surface area contributed by atoms with Crippen LogP contribution < -0.4 is 5.73 Å². The Bertz CT molecular complexity index is 323. The molecular formula is C10H17N3O. The highest BCUT2D eigenvalue weighted by molar-refractivity contribution is 5.18. The van der Waals surface area contributed by atoms with Crippen molar-refractivity contribution in [3.8, 4) is 0 Å². The van der Waals surface area contributed by atoms with Crippen LogP contribution in [0, 0.1) is 0 Å². The molecule has 0 radical (unpaired) electrons. The molecule has 0 amide bonds. The van der Waals surface area contributed by atoms with E-state index in [9.17, 15) is 5.11 Å². The summed E-state index contributed by atoms with van der Waals surface area (Å²) >= 11 is 0. The smallest absolute Gasteiger partial charge is 0.0942 e. The summed E-state index contributed by atoms with van der Waals surface area (Å²) in [6.07, 6.45) is 5.97. The molecule has 3 N–H and O–H groups in total. The van der Waals surface area contributed by atoms with Crippen molar-refractivity contribution in [1.29, 1.82) is 0 Å². The highest BCUT2D eigenvalue weighted by atomic mass is 16.3. The summed E-state index contributed by atoms with van der Waals surface area (Å²) in [6.45, 7) is 2.86. The average Bonchev–Trinajstić information content (AvgIpc) is 2.73. The minimum Gasteiger partial charge on any atom is -0.385 e. The molecule has 0 aromatic carbocycles. The van der Waals surface area contributed by atoms with Crippen LogP contribution in [0.2, 0.25) is 0 Å². The Balaban J connectivity index is 2.21. The van der Waals surface area contributed by atoms with Gasteiger partial charge in [0.25, 0.3) is 0 Å². The van der Waals surface area contributed by atoms with Crippen LogP contribution in [0.15, 0.2) is 12.4 Å². The van der Waals surface area contributed by atoms with Crippen molar-refractivity contribution < 1.29 is 5.11 Å². The summed E-state index contributed by atoms with van der Waals surface area (Å²) in [6, 6.07) is 0.130. The van der Waals surface area contributed by atoms with Gasteiger partial charge in [-0.3, -0.25) is 4.68 Å². The number of rotatable bonds is 2. The van der Waals surface area contributed by atoms with Gasteiger partial charge in [-0.2, -0.15) is 5.10 Å². The molecule has 4 heteroatoms. The van der Waals surface area contributed by atoms with Crippen molar-refractivity contribution in [2.75, 3.05) is 0 Å². The van der Waals surface area contributed by atoms with Crippen molar-refractivity contribution in [3.63, 3.8) is 0 Å². The molecule has 1 aromatic rings. The lowest BCUT2D eigenvalue weighted by atomic mass is 9.95. The summed E-state index contributed by atoms with van der Waals surface area (Å²) in [4.78, 5) is 0. The second kappa shape index (κ2) is 3.37. The van der Waals surface area contributed by atoms with Crippen molar-refractivity contribution in [2.45, 2.75) is 44.4 Å². The third-order valence-electron chi connectivity index (χ3n) is 3.02. The highest BCUT2D eigenvalue weighted by Gasteiger charge is 2.38. The van der Waals surface area contributed by atoms with Gasteiger partial charge >= 0.3 is 0 Å². The predicted octanol–water partition coefficient (Wildman–Crippen LogP) is 0.602. The third kappa shape index (κ3) is 1.55. The first kappa shape index (κ1) is 9.68. The fourth-order valence-electron chi connectivity index (χ4n) is 2.10. The van der Waals surface area contributed by atoms with Gasteiger partial charge in [-0.25, -0.2) is 0 Å². The first-order valence-corrected chi connectivity index (χ1v) is 5.15. The van der Waals surface area contributed by atoms with Crippen LogP contribution in [-0.4, -0.2) is 20.9 Å². The van der Waals surface area contributed by atoms with Crippen molar-refractivity contribution in [1.82, 2.24) is 9.78 Å². The molecule has 1 fully saturated rings. The van der Waals surface area contributed by atoms with E-state index in [1.165, 1.54) is 0 Å². The molecule has 1 aliphatic carbocycles. The van der Waals surface area contributed by atoms with Gasteiger partial charge in [-0.1, -0.05) is 0 Å². The molecule has 0 spiro atoms. The Morgan fingerprint density at radius 1 is 1.79 bits per heavy atom. The summed E-state index contributed by atoms with van der Waals surface area (Å²) in [5, 5.41) is 14.5. The van der Waals surface area contributed by atoms with Crippen LogP contribution in [-0.2, 0) is 12.1 Å². The number of aliphatic hydroxyl groups is 1. The fraction of sp³-hybridized carbons (Fsp3) is 0.700. The largest absolute Gasteiger partial charge is 0.385 e. The monoisotopic (exact) mass is 195 g/mol. The Morgan fingerprint density at radius 2 is 2.57 bits per heavy atom. The van der Waals surface area contributed by atoms with Crippen LogP contribution in [0.4, 0.5) is 0 Å². The molecule has 1 aromatic heterocycles. The molecule has 2 unspecified atom stereocenters. The first-order chi connectivity index (χ1) is 6.64. The zero-order chi connectivity index (χ0) is 10.2. The molecular weight excluding hydrogens is 178 g/mol. The van der Waals surface area contributed by atoms with E-state index in [4.69, 9.17) is 5.73 Å². The van der Waals surface area contributed by atoms with E-state index < -0.39 is 5.60 Å². The molecule has 14 heavy (non-hydrogen) atoms. The Morgan fingerprint density at radius 3 is 3.07 bits per heavy atom. The highest BCUT2D eigenvalue weighted by Crippen LogP contribution is 2.37. The summed E-state index contributed by atoms with van der Waals surface area (Å²) < 4.78 is 1.83. The second-order valence-corrected chi connectivity index (χ2v) is 4.12. The SMILES string of the molecule is CCn1cc(C2(O)CCC(N)C2)cn1. The molecule has 4 nitrogen and oxygen atoms in total. The zero-order valence-corrected chi connectivity index (χ0v) is 8.48. The van der Waals surface area contributed by atoms with E-state index in [1.807, 2.05) is 17.8 Å². The quantitative estimate of drug-likeness (QED) is 0.726. The minimum atomic E-state index is -0.729. The molecule has 1 saturated carbocycles. The number of hydrogen-bond donors (Lipinski definition) is 2. The molecule has 0 aliphatic heterocycles. The summed E-state index contributed by atoms with van der Waals surface area (Å²) in [7, 11) is 0. The normalized spacial score (nSPS) is 32.4.